The minimum absolute atomic E-state index is 0.0548. The second-order valence-electron chi connectivity index (χ2n) is 5.07. The SMILES string of the molecule is Cc1cc(C)nc(NC(=O)Cc2c(C)nn(C(F)F)c2C)n1. The van der Waals surface area contributed by atoms with Gasteiger partial charge in [0.25, 0.3) is 0 Å². The second kappa shape index (κ2) is 6.17. The summed E-state index contributed by atoms with van der Waals surface area (Å²) >= 11 is 0. The van der Waals surface area contributed by atoms with Crippen molar-refractivity contribution in [3.05, 3.63) is 34.4 Å². The highest BCUT2D eigenvalue weighted by Gasteiger charge is 2.19. The van der Waals surface area contributed by atoms with Crippen LogP contribution in [0.2, 0.25) is 0 Å². The molecule has 6 nitrogen and oxygen atoms in total. The number of aryl methyl sites for hydroxylation is 3. The maximum atomic E-state index is 12.8. The molecule has 2 rings (SSSR count). The predicted molar refractivity (Wildman–Crippen MR) is 76.8 cm³/mol. The van der Waals surface area contributed by atoms with Crippen molar-refractivity contribution >= 4 is 11.9 Å². The van der Waals surface area contributed by atoms with Crippen molar-refractivity contribution in [2.75, 3.05) is 5.32 Å². The summed E-state index contributed by atoms with van der Waals surface area (Å²) < 4.78 is 26.2. The highest BCUT2D eigenvalue weighted by Crippen LogP contribution is 2.20. The maximum Gasteiger partial charge on any atom is 0.333 e. The smallest absolute Gasteiger partial charge is 0.294 e. The number of anilines is 1. The Kier molecular flexibility index (Phi) is 4.48. The van der Waals surface area contributed by atoms with Crippen LogP contribution in [0.4, 0.5) is 14.7 Å². The molecule has 0 aliphatic heterocycles. The molecule has 0 radical (unpaired) electrons. The Morgan fingerprint density at radius 2 is 1.82 bits per heavy atom. The van der Waals surface area contributed by atoms with Crippen molar-refractivity contribution in [1.82, 2.24) is 19.7 Å². The standard InChI is InChI=1S/C14H17F2N5O/c1-7-5-8(2)18-14(17-7)19-12(22)6-11-9(3)20-21(10(11)4)13(15)16/h5,13H,6H2,1-4H3,(H,17,18,19,22). The van der Waals surface area contributed by atoms with Gasteiger partial charge in [-0.1, -0.05) is 0 Å². The summed E-state index contributed by atoms with van der Waals surface area (Å²) in [4.78, 5) is 20.3. The number of hydrogen-bond acceptors (Lipinski definition) is 4. The third-order valence-electron chi connectivity index (χ3n) is 3.23. The highest BCUT2D eigenvalue weighted by atomic mass is 19.3. The Hall–Kier alpha value is -2.38. The molecule has 2 heterocycles. The van der Waals surface area contributed by atoms with Gasteiger partial charge in [0.15, 0.2) is 0 Å². The normalized spacial score (nSPS) is 11.0. The van der Waals surface area contributed by atoms with Crippen LogP contribution in [0.15, 0.2) is 6.07 Å². The van der Waals surface area contributed by atoms with Gasteiger partial charge in [0.05, 0.1) is 12.1 Å². The van der Waals surface area contributed by atoms with Crippen LogP contribution in [0.5, 0.6) is 0 Å². The highest BCUT2D eigenvalue weighted by molar-refractivity contribution is 5.90. The lowest BCUT2D eigenvalue weighted by Gasteiger charge is -2.06. The van der Waals surface area contributed by atoms with Crippen LogP contribution in [0, 0.1) is 27.7 Å². The molecule has 0 saturated heterocycles. The summed E-state index contributed by atoms with van der Waals surface area (Å²) in [5, 5.41) is 6.33. The van der Waals surface area contributed by atoms with Gasteiger partial charge in [-0.05, 0) is 33.8 Å². The molecule has 0 aromatic carbocycles. The van der Waals surface area contributed by atoms with E-state index in [0.29, 0.717) is 15.9 Å². The van der Waals surface area contributed by atoms with Gasteiger partial charge in [0.2, 0.25) is 11.9 Å². The Morgan fingerprint density at radius 1 is 1.23 bits per heavy atom. The first-order valence-corrected chi connectivity index (χ1v) is 6.72. The number of amides is 1. The molecule has 0 fully saturated rings. The molecule has 0 atom stereocenters. The first kappa shape index (κ1) is 16.0. The summed E-state index contributed by atoms with van der Waals surface area (Å²) in [6.07, 6.45) is -0.0548. The lowest BCUT2D eigenvalue weighted by molar-refractivity contribution is -0.115. The molecule has 0 aliphatic rings. The molecule has 8 heteroatoms. The molecule has 118 valence electrons. The number of nitrogens with zero attached hydrogens (tertiary/aromatic N) is 4. The van der Waals surface area contributed by atoms with Crippen LogP contribution in [-0.4, -0.2) is 25.7 Å². The van der Waals surface area contributed by atoms with Crippen LogP contribution in [0.1, 0.15) is 34.9 Å². The zero-order chi connectivity index (χ0) is 16.4. The maximum absolute atomic E-state index is 12.8. The van der Waals surface area contributed by atoms with Crippen LogP contribution >= 0.6 is 0 Å². The minimum atomic E-state index is -2.72. The average Bonchev–Trinajstić information content (AvgIpc) is 2.65. The van der Waals surface area contributed by atoms with Gasteiger partial charge in [0, 0.05) is 22.6 Å². The van der Waals surface area contributed by atoms with Crippen molar-refractivity contribution in [3.8, 4) is 0 Å². The van der Waals surface area contributed by atoms with Crippen molar-refractivity contribution < 1.29 is 13.6 Å². The van der Waals surface area contributed by atoms with E-state index in [9.17, 15) is 13.6 Å². The molecule has 1 N–H and O–H groups in total. The van der Waals surface area contributed by atoms with Gasteiger partial charge >= 0.3 is 6.55 Å². The first-order chi connectivity index (χ1) is 10.3. The number of carbonyl (C=O) groups is 1. The van der Waals surface area contributed by atoms with Crippen LogP contribution in [0.25, 0.3) is 0 Å². The number of alkyl halides is 2. The van der Waals surface area contributed by atoms with E-state index in [2.05, 4.69) is 20.4 Å². The lowest BCUT2D eigenvalue weighted by Crippen LogP contribution is -2.18. The quantitative estimate of drug-likeness (QED) is 0.941. The van der Waals surface area contributed by atoms with Gasteiger partial charge < -0.3 is 0 Å². The topological polar surface area (TPSA) is 72.7 Å². The first-order valence-electron chi connectivity index (χ1n) is 6.72. The van der Waals surface area contributed by atoms with E-state index >= 15 is 0 Å². The number of halogens is 2. The van der Waals surface area contributed by atoms with Gasteiger partial charge in [-0.25, -0.2) is 14.6 Å². The van der Waals surface area contributed by atoms with Gasteiger partial charge in [0.1, 0.15) is 0 Å². The van der Waals surface area contributed by atoms with Crippen molar-refractivity contribution in [1.29, 1.82) is 0 Å². The molecule has 0 aliphatic carbocycles. The Labute approximate surface area is 126 Å². The Balaban J connectivity index is 2.16. The van der Waals surface area contributed by atoms with E-state index in [4.69, 9.17) is 0 Å². The zero-order valence-electron chi connectivity index (χ0n) is 12.8. The molecular formula is C14H17F2N5O. The van der Waals surface area contributed by atoms with E-state index in [-0.39, 0.29) is 24.0 Å². The molecule has 2 aromatic rings. The number of carbonyl (C=O) groups excluding carboxylic acids is 1. The summed E-state index contributed by atoms with van der Waals surface area (Å²) in [5.74, 6) is -0.163. The summed E-state index contributed by atoms with van der Waals surface area (Å²) in [6.45, 7) is 3.98. The number of hydrogen-bond donors (Lipinski definition) is 1. The van der Waals surface area contributed by atoms with E-state index in [0.717, 1.165) is 11.4 Å². The van der Waals surface area contributed by atoms with E-state index < -0.39 is 6.55 Å². The fourth-order valence-corrected chi connectivity index (χ4v) is 2.25. The van der Waals surface area contributed by atoms with Gasteiger partial charge in [-0.3, -0.25) is 10.1 Å². The van der Waals surface area contributed by atoms with Crippen molar-refractivity contribution in [2.24, 2.45) is 0 Å². The largest absolute Gasteiger partial charge is 0.333 e. The summed E-state index contributed by atoms with van der Waals surface area (Å²) in [5.41, 5.74) is 2.65. The third kappa shape index (κ3) is 3.44. The van der Waals surface area contributed by atoms with Crippen LogP contribution < -0.4 is 5.32 Å². The predicted octanol–water partition coefficient (Wildman–Crippen LogP) is 2.48. The number of rotatable bonds is 4. The Morgan fingerprint density at radius 3 is 2.32 bits per heavy atom. The molecular weight excluding hydrogens is 292 g/mol. The average molecular weight is 309 g/mol. The van der Waals surface area contributed by atoms with E-state index in [1.54, 1.807) is 26.8 Å². The van der Waals surface area contributed by atoms with Crippen molar-refractivity contribution in [2.45, 2.75) is 40.7 Å². The molecule has 0 saturated carbocycles. The zero-order valence-corrected chi connectivity index (χ0v) is 12.8. The minimum Gasteiger partial charge on any atom is -0.294 e. The molecule has 0 spiro atoms. The fraction of sp³-hybridized carbons (Fsp3) is 0.429. The molecule has 2 aromatic heterocycles. The van der Waals surface area contributed by atoms with Crippen LogP contribution in [-0.2, 0) is 11.2 Å². The Bertz CT molecular complexity index is 691. The number of nitrogens with one attached hydrogen (secondary N) is 1. The van der Waals surface area contributed by atoms with E-state index in [1.807, 2.05) is 0 Å². The summed E-state index contributed by atoms with van der Waals surface area (Å²) in [6, 6.07) is 1.79. The van der Waals surface area contributed by atoms with E-state index in [1.165, 1.54) is 6.92 Å². The fourth-order valence-electron chi connectivity index (χ4n) is 2.25. The van der Waals surface area contributed by atoms with Crippen molar-refractivity contribution in [3.63, 3.8) is 0 Å². The van der Waals surface area contributed by atoms with Crippen LogP contribution in [0.3, 0.4) is 0 Å². The summed E-state index contributed by atoms with van der Waals surface area (Å²) in [7, 11) is 0. The molecule has 0 unspecified atom stereocenters. The van der Waals surface area contributed by atoms with Gasteiger partial charge in [-0.15, -0.1) is 0 Å². The lowest BCUT2D eigenvalue weighted by atomic mass is 10.1. The monoisotopic (exact) mass is 309 g/mol. The molecule has 22 heavy (non-hydrogen) atoms. The third-order valence-corrected chi connectivity index (χ3v) is 3.23. The molecule has 0 bridgehead atoms. The van der Waals surface area contributed by atoms with Gasteiger partial charge in [-0.2, -0.15) is 13.9 Å². The second-order valence-corrected chi connectivity index (χ2v) is 5.07. The molecule has 1 amide bonds. The number of aromatic nitrogens is 4.